The fraction of sp³-hybridized carbons (Fsp3) is 0.273. The van der Waals surface area contributed by atoms with Gasteiger partial charge in [0.25, 0.3) is 5.91 Å². The van der Waals surface area contributed by atoms with Crippen molar-refractivity contribution in [2.75, 3.05) is 38.0 Å². The second-order valence-electron chi connectivity index (χ2n) is 7.77. The average Bonchev–Trinajstić information content (AvgIpc) is 3.37. The number of benzene rings is 2. The minimum atomic E-state index is -0.302. The van der Waals surface area contributed by atoms with E-state index in [0.717, 1.165) is 28.8 Å². The van der Waals surface area contributed by atoms with Gasteiger partial charge in [-0.25, -0.2) is 9.97 Å². The molecule has 0 spiro atoms. The van der Waals surface area contributed by atoms with Crippen LogP contribution in [-0.4, -0.2) is 64.0 Å². The maximum atomic E-state index is 12.6. The first-order valence-corrected chi connectivity index (χ1v) is 11.7. The molecule has 9 nitrogen and oxygen atoms in total. The summed E-state index contributed by atoms with van der Waals surface area (Å²) in [5.41, 5.74) is 2.86. The minimum absolute atomic E-state index is 0. The molecule has 4 aromatic rings. The first-order valence-electron chi connectivity index (χ1n) is 10.5. The third-order valence-electron chi connectivity index (χ3n) is 5.58. The lowest BCUT2D eigenvalue weighted by Gasteiger charge is -2.27. The van der Waals surface area contributed by atoms with E-state index in [-0.39, 0.29) is 30.8 Å². The van der Waals surface area contributed by atoms with Gasteiger partial charge in [-0.15, -0.1) is 12.4 Å². The normalized spacial score (nSPS) is 13.6. The number of aromatic nitrogens is 3. The van der Waals surface area contributed by atoms with Gasteiger partial charge >= 0.3 is 0 Å². The number of halogens is 2. The van der Waals surface area contributed by atoms with Crippen molar-refractivity contribution in [3.8, 4) is 0 Å². The van der Waals surface area contributed by atoms with E-state index in [9.17, 15) is 9.59 Å². The molecule has 2 amide bonds. The molecule has 1 aliphatic rings. The van der Waals surface area contributed by atoms with Crippen LogP contribution in [0.25, 0.3) is 21.3 Å². The van der Waals surface area contributed by atoms with Crippen molar-refractivity contribution in [3.63, 3.8) is 0 Å². The summed E-state index contributed by atoms with van der Waals surface area (Å²) in [5, 5.41) is 10.6. The molecule has 1 fully saturated rings. The predicted octanol–water partition coefficient (Wildman–Crippen LogP) is 3.16. The number of aryl methyl sites for hydroxylation is 1. The number of rotatable bonds is 5. The SMILES string of the molecule is Cl.Cn1c(Nc2nc3ccc(Cl)cc3s2)nc2cc(C(=O)NCC(=O)N3CCNCC3)ccc21. The van der Waals surface area contributed by atoms with Crippen molar-refractivity contribution in [1.29, 1.82) is 0 Å². The van der Waals surface area contributed by atoms with E-state index >= 15 is 0 Å². The van der Waals surface area contributed by atoms with Crippen molar-refractivity contribution in [1.82, 2.24) is 30.1 Å². The highest BCUT2D eigenvalue weighted by Gasteiger charge is 2.18. The van der Waals surface area contributed by atoms with Crippen LogP contribution < -0.4 is 16.0 Å². The summed E-state index contributed by atoms with van der Waals surface area (Å²) in [6.45, 7) is 2.85. The van der Waals surface area contributed by atoms with Gasteiger partial charge in [-0.05, 0) is 36.4 Å². The molecule has 0 radical (unpaired) electrons. The Morgan fingerprint density at radius 2 is 1.91 bits per heavy atom. The van der Waals surface area contributed by atoms with Crippen molar-refractivity contribution in [2.24, 2.45) is 7.05 Å². The van der Waals surface area contributed by atoms with Crippen LogP contribution >= 0.6 is 35.3 Å². The maximum Gasteiger partial charge on any atom is 0.251 e. The number of hydrogen-bond donors (Lipinski definition) is 3. The van der Waals surface area contributed by atoms with Crippen LogP contribution in [0.5, 0.6) is 0 Å². The van der Waals surface area contributed by atoms with Gasteiger partial charge in [-0.3, -0.25) is 9.59 Å². The van der Waals surface area contributed by atoms with Gasteiger partial charge in [0.1, 0.15) is 0 Å². The van der Waals surface area contributed by atoms with Crippen LogP contribution in [0, 0.1) is 0 Å². The standard InChI is InChI=1S/C22H22ClN7O2S.ClH/c1-29-17-5-2-13(20(32)25-12-19(31)30-8-6-24-7-9-30)10-16(17)26-21(29)28-22-27-15-4-3-14(23)11-18(15)33-22;/h2-5,10-11,24H,6-9,12H2,1H3,(H,25,32)(H,26,27,28);1H. The predicted molar refractivity (Wildman–Crippen MR) is 138 cm³/mol. The summed E-state index contributed by atoms with van der Waals surface area (Å²) in [6.07, 6.45) is 0. The third kappa shape index (κ3) is 4.95. The van der Waals surface area contributed by atoms with Crippen LogP contribution in [0.15, 0.2) is 36.4 Å². The first-order chi connectivity index (χ1) is 16.0. The molecule has 3 heterocycles. The first kappa shape index (κ1) is 24.2. The summed E-state index contributed by atoms with van der Waals surface area (Å²) in [6, 6.07) is 10.9. The van der Waals surface area contributed by atoms with Gasteiger partial charge in [0.2, 0.25) is 11.9 Å². The molecule has 2 aromatic carbocycles. The number of nitrogens with zero attached hydrogens (tertiary/aromatic N) is 4. The van der Waals surface area contributed by atoms with Gasteiger partial charge in [-0.2, -0.15) is 0 Å². The summed E-state index contributed by atoms with van der Waals surface area (Å²) in [7, 11) is 1.90. The lowest BCUT2D eigenvalue weighted by atomic mass is 10.2. The highest BCUT2D eigenvalue weighted by atomic mass is 35.5. The summed E-state index contributed by atoms with van der Waals surface area (Å²) >= 11 is 7.56. The quantitative estimate of drug-likeness (QED) is 0.374. The Morgan fingerprint density at radius 1 is 1.12 bits per heavy atom. The van der Waals surface area contributed by atoms with E-state index in [1.807, 2.05) is 35.9 Å². The van der Waals surface area contributed by atoms with E-state index in [1.54, 1.807) is 17.0 Å². The van der Waals surface area contributed by atoms with Crippen LogP contribution in [0.2, 0.25) is 5.02 Å². The fourth-order valence-electron chi connectivity index (χ4n) is 3.78. The molecular weight excluding hydrogens is 497 g/mol. The second kappa shape index (κ2) is 10.1. The van der Waals surface area contributed by atoms with Gasteiger partial charge in [0, 0.05) is 43.8 Å². The molecule has 0 unspecified atom stereocenters. The highest BCUT2D eigenvalue weighted by molar-refractivity contribution is 7.22. The van der Waals surface area contributed by atoms with Gasteiger partial charge in [0.15, 0.2) is 5.13 Å². The van der Waals surface area contributed by atoms with E-state index in [4.69, 9.17) is 11.6 Å². The van der Waals surface area contributed by atoms with Crippen molar-refractivity contribution >= 4 is 79.5 Å². The van der Waals surface area contributed by atoms with E-state index in [1.165, 1.54) is 11.3 Å². The van der Waals surface area contributed by atoms with Crippen LogP contribution in [0.1, 0.15) is 10.4 Å². The zero-order valence-electron chi connectivity index (χ0n) is 18.3. The summed E-state index contributed by atoms with van der Waals surface area (Å²) in [4.78, 5) is 35.9. The van der Waals surface area contributed by atoms with Crippen molar-refractivity contribution < 1.29 is 9.59 Å². The van der Waals surface area contributed by atoms with Crippen LogP contribution in [-0.2, 0) is 11.8 Å². The number of nitrogens with one attached hydrogen (secondary N) is 3. The smallest absolute Gasteiger partial charge is 0.251 e. The number of anilines is 2. The molecule has 2 aromatic heterocycles. The Labute approximate surface area is 210 Å². The lowest BCUT2D eigenvalue weighted by molar-refractivity contribution is -0.130. The van der Waals surface area contributed by atoms with E-state index in [0.29, 0.717) is 40.3 Å². The molecule has 34 heavy (non-hydrogen) atoms. The monoisotopic (exact) mass is 519 g/mol. The molecule has 1 aliphatic heterocycles. The molecule has 0 saturated carbocycles. The Balaban J connectivity index is 0.00000274. The summed E-state index contributed by atoms with van der Waals surface area (Å²) in [5.74, 6) is 0.234. The number of fused-ring (bicyclic) bond motifs is 2. The lowest BCUT2D eigenvalue weighted by Crippen LogP contribution is -2.49. The highest BCUT2D eigenvalue weighted by Crippen LogP contribution is 2.31. The third-order valence-corrected chi connectivity index (χ3v) is 6.75. The molecule has 3 N–H and O–H groups in total. The number of amides is 2. The number of carbonyl (C=O) groups excluding carboxylic acids is 2. The Morgan fingerprint density at radius 3 is 2.71 bits per heavy atom. The fourth-order valence-corrected chi connectivity index (χ4v) is 4.92. The molecule has 5 rings (SSSR count). The van der Waals surface area contributed by atoms with Crippen LogP contribution in [0.4, 0.5) is 11.1 Å². The molecular formula is C22H23Cl2N7O2S. The second-order valence-corrected chi connectivity index (χ2v) is 9.23. The Hall–Kier alpha value is -2.92. The largest absolute Gasteiger partial charge is 0.343 e. The zero-order valence-corrected chi connectivity index (χ0v) is 20.7. The van der Waals surface area contributed by atoms with Gasteiger partial charge in [0.05, 0.1) is 27.8 Å². The number of hydrogen-bond acceptors (Lipinski definition) is 7. The topological polar surface area (TPSA) is 104 Å². The Kier molecular flexibility index (Phi) is 7.22. The van der Waals surface area contributed by atoms with Gasteiger partial charge < -0.3 is 25.4 Å². The van der Waals surface area contributed by atoms with E-state index in [2.05, 4.69) is 25.9 Å². The number of carbonyl (C=O) groups is 2. The minimum Gasteiger partial charge on any atom is -0.343 e. The molecule has 12 heteroatoms. The molecule has 1 saturated heterocycles. The Bertz CT molecular complexity index is 1360. The van der Waals surface area contributed by atoms with Crippen molar-refractivity contribution in [3.05, 3.63) is 47.0 Å². The zero-order chi connectivity index (χ0) is 22.9. The van der Waals surface area contributed by atoms with Crippen molar-refractivity contribution in [2.45, 2.75) is 0 Å². The molecule has 0 atom stereocenters. The number of piperazine rings is 1. The van der Waals surface area contributed by atoms with Gasteiger partial charge in [-0.1, -0.05) is 22.9 Å². The molecule has 0 aliphatic carbocycles. The molecule has 0 bridgehead atoms. The number of imidazole rings is 1. The van der Waals surface area contributed by atoms with Crippen LogP contribution in [0.3, 0.4) is 0 Å². The summed E-state index contributed by atoms with van der Waals surface area (Å²) < 4.78 is 2.89. The number of thiazole rings is 1. The molecule has 178 valence electrons. The van der Waals surface area contributed by atoms with E-state index < -0.39 is 0 Å². The maximum absolute atomic E-state index is 12.6. The average molecular weight is 520 g/mol.